The van der Waals surface area contributed by atoms with E-state index in [2.05, 4.69) is 5.16 Å². The van der Waals surface area contributed by atoms with Crippen LogP contribution in [0.15, 0.2) is 46.3 Å². The van der Waals surface area contributed by atoms with E-state index in [1.54, 1.807) is 18.4 Å². The fourth-order valence-corrected chi connectivity index (χ4v) is 2.70. The summed E-state index contributed by atoms with van der Waals surface area (Å²) >= 11 is 1.58. The van der Waals surface area contributed by atoms with E-state index >= 15 is 0 Å². The molecule has 2 heterocycles. The van der Waals surface area contributed by atoms with Crippen molar-refractivity contribution >= 4 is 17.2 Å². The van der Waals surface area contributed by atoms with Crippen LogP contribution in [0.3, 0.4) is 0 Å². The van der Waals surface area contributed by atoms with E-state index in [1.165, 1.54) is 0 Å². The van der Waals surface area contributed by atoms with E-state index in [0.717, 1.165) is 21.8 Å². The SMILES string of the molecule is COc1ccccc1-c1c(N)noc1-c1cccs1. The van der Waals surface area contributed by atoms with Crippen molar-refractivity contribution in [2.75, 3.05) is 12.8 Å². The normalized spacial score (nSPS) is 10.6. The highest BCUT2D eigenvalue weighted by atomic mass is 32.1. The molecule has 5 heteroatoms. The Balaban J connectivity index is 2.23. The predicted molar refractivity (Wildman–Crippen MR) is 76.2 cm³/mol. The first-order chi connectivity index (χ1) is 9.31. The smallest absolute Gasteiger partial charge is 0.186 e. The Bertz CT molecular complexity index is 689. The Morgan fingerprint density at radius 3 is 2.79 bits per heavy atom. The summed E-state index contributed by atoms with van der Waals surface area (Å²) in [6.45, 7) is 0. The van der Waals surface area contributed by atoms with Gasteiger partial charge in [0.2, 0.25) is 0 Å². The van der Waals surface area contributed by atoms with Crippen molar-refractivity contribution in [1.29, 1.82) is 0 Å². The number of hydrogen-bond acceptors (Lipinski definition) is 5. The lowest BCUT2D eigenvalue weighted by Crippen LogP contribution is -1.92. The number of nitrogen functional groups attached to an aromatic ring is 1. The number of thiophene rings is 1. The molecule has 3 aromatic rings. The lowest BCUT2D eigenvalue weighted by molar-refractivity contribution is 0.416. The molecule has 0 atom stereocenters. The number of aromatic nitrogens is 1. The van der Waals surface area contributed by atoms with Gasteiger partial charge in [0, 0.05) is 5.56 Å². The van der Waals surface area contributed by atoms with Crippen molar-refractivity contribution in [2.24, 2.45) is 0 Å². The maximum atomic E-state index is 5.95. The Morgan fingerprint density at radius 1 is 1.21 bits per heavy atom. The van der Waals surface area contributed by atoms with Gasteiger partial charge in [-0.3, -0.25) is 0 Å². The molecule has 2 aromatic heterocycles. The van der Waals surface area contributed by atoms with Crippen LogP contribution in [0.5, 0.6) is 5.75 Å². The molecule has 19 heavy (non-hydrogen) atoms. The number of nitrogens with two attached hydrogens (primary N) is 1. The minimum Gasteiger partial charge on any atom is -0.496 e. The minimum atomic E-state index is 0.368. The van der Waals surface area contributed by atoms with Gasteiger partial charge < -0.3 is 15.0 Å². The van der Waals surface area contributed by atoms with E-state index in [1.807, 2.05) is 41.8 Å². The van der Waals surface area contributed by atoms with Crippen LogP contribution in [0.4, 0.5) is 5.82 Å². The molecule has 0 bridgehead atoms. The Kier molecular flexibility index (Phi) is 2.97. The van der Waals surface area contributed by atoms with Crippen LogP contribution in [0, 0.1) is 0 Å². The second-order valence-corrected chi connectivity index (χ2v) is 4.90. The van der Waals surface area contributed by atoms with E-state index < -0.39 is 0 Å². The third-order valence-electron chi connectivity index (χ3n) is 2.84. The molecule has 2 N–H and O–H groups in total. The van der Waals surface area contributed by atoms with Gasteiger partial charge in [-0.2, -0.15) is 0 Å². The van der Waals surface area contributed by atoms with E-state index in [-0.39, 0.29) is 0 Å². The third-order valence-corrected chi connectivity index (χ3v) is 3.71. The predicted octanol–water partition coefficient (Wildman–Crippen LogP) is 3.66. The van der Waals surface area contributed by atoms with Gasteiger partial charge in [-0.05, 0) is 17.5 Å². The summed E-state index contributed by atoms with van der Waals surface area (Å²) < 4.78 is 10.7. The molecule has 0 aliphatic heterocycles. The molecule has 0 fully saturated rings. The first-order valence-corrected chi connectivity index (χ1v) is 6.61. The number of hydrogen-bond donors (Lipinski definition) is 1. The highest BCUT2D eigenvalue weighted by Gasteiger charge is 2.20. The summed E-state index contributed by atoms with van der Waals surface area (Å²) in [5.74, 6) is 1.79. The molecule has 96 valence electrons. The third kappa shape index (κ3) is 1.98. The van der Waals surface area contributed by atoms with Gasteiger partial charge in [0.05, 0.1) is 17.6 Å². The standard InChI is InChI=1S/C14H12N2O2S/c1-17-10-6-3-2-5-9(10)12-13(18-16-14(12)15)11-7-4-8-19-11/h2-8H,1H3,(H2,15,16). The molecule has 0 saturated heterocycles. The summed E-state index contributed by atoms with van der Waals surface area (Å²) in [5.41, 5.74) is 7.61. The van der Waals surface area contributed by atoms with Crippen molar-refractivity contribution in [3.8, 4) is 27.5 Å². The van der Waals surface area contributed by atoms with Crippen molar-refractivity contribution in [2.45, 2.75) is 0 Å². The fraction of sp³-hybridized carbons (Fsp3) is 0.0714. The van der Waals surface area contributed by atoms with E-state index in [0.29, 0.717) is 11.6 Å². The van der Waals surface area contributed by atoms with Crippen LogP contribution in [0.2, 0.25) is 0 Å². The molecule has 4 nitrogen and oxygen atoms in total. The van der Waals surface area contributed by atoms with E-state index in [4.69, 9.17) is 15.0 Å². The zero-order valence-corrected chi connectivity index (χ0v) is 11.1. The average Bonchev–Trinajstić information content (AvgIpc) is 3.07. The molecular formula is C14H12N2O2S. The molecule has 0 unspecified atom stereocenters. The molecule has 0 aliphatic carbocycles. The van der Waals surface area contributed by atoms with Gasteiger partial charge in [-0.25, -0.2) is 0 Å². The monoisotopic (exact) mass is 272 g/mol. The van der Waals surface area contributed by atoms with Crippen molar-refractivity contribution < 1.29 is 9.26 Å². The number of rotatable bonds is 3. The second kappa shape index (κ2) is 4.78. The Hall–Kier alpha value is -2.27. The molecule has 0 saturated carbocycles. The summed E-state index contributed by atoms with van der Waals surface area (Å²) in [5, 5.41) is 5.86. The second-order valence-electron chi connectivity index (χ2n) is 3.95. The zero-order chi connectivity index (χ0) is 13.2. The number of para-hydroxylation sites is 1. The Morgan fingerprint density at radius 2 is 2.05 bits per heavy atom. The maximum absolute atomic E-state index is 5.95. The fourth-order valence-electron chi connectivity index (χ4n) is 1.99. The summed E-state index contributed by atoms with van der Waals surface area (Å²) in [6, 6.07) is 11.6. The lowest BCUT2D eigenvalue weighted by Gasteiger charge is -2.07. The van der Waals surface area contributed by atoms with Crippen LogP contribution >= 0.6 is 11.3 Å². The number of benzene rings is 1. The highest BCUT2D eigenvalue weighted by Crippen LogP contribution is 2.41. The largest absolute Gasteiger partial charge is 0.496 e. The maximum Gasteiger partial charge on any atom is 0.186 e. The molecule has 0 amide bonds. The summed E-state index contributed by atoms with van der Waals surface area (Å²) in [6.07, 6.45) is 0. The molecule has 0 spiro atoms. The number of ether oxygens (including phenoxy) is 1. The van der Waals surface area contributed by atoms with Crippen LogP contribution in [0.25, 0.3) is 21.8 Å². The Labute approximate surface area is 114 Å². The summed E-state index contributed by atoms with van der Waals surface area (Å²) in [4.78, 5) is 0.991. The van der Waals surface area contributed by atoms with E-state index in [9.17, 15) is 0 Å². The molecule has 3 rings (SSSR count). The number of anilines is 1. The van der Waals surface area contributed by atoms with Crippen LogP contribution < -0.4 is 10.5 Å². The van der Waals surface area contributed by atoms with Gasteiger partial charge in [0.1, 0.15) is 5.75 Å². The summed E-state index contributed by atoms with van der Waals surface area (Å²) in [7, 11) is 1.63. The lowest BCUT2D eigenvalue weighted by atomic mass is 10.0. The first kappa shape index (κ1) is 11.8. The molecule has 0 aliphatic rings. The minimum absolute atomic E-state index is 0.368. The molecule has 1 aromatic carbocycles. The van der Waals surface area contributed by atoms with Crippen LogP contribution in [-0.4, -0.2) is 12.3 Å². The van der Waals surface area contributed by atoms with Crippen molar-refractivity contribution in [1.82, 2.24) is 5.16 Å². The van der Waals surface area contributed by atoms with Gasteiger partial charge in [-0.15, -0.1) is 11.3 Å². The van der Waals surface area contributed by atoms with Gasteiger partial charge in [0.25, 0.3) is 0 Å². The van der Waals surface area contributed by atoms with Crippen LogP contribution in [-0.2, 0) is 0 Å². The molecule has 0 radical (unpaired) electrons. The van der Waals surface area contributed by atoms with Crippen molar-refractivity contribution in [3.63, 3.8) is 0 Å². The average molecular weight is 272 g/mol. The van der Waals surface area contributed by atoms with Gasteiger partial charge in [-0.1, -0.05) is 29.4 Å². The van der Waals surface area contributed by atoms with Gasteiger partial charge in [0.15, 0.2) is 11.6 Å². The topological polar surface area (TPSA) is 61.3 Å². The zero-order valence-electron chi connectivity index (χ0n) is 10.3. The van der Waals surface area contributed by atoms with Gasteiger partial charge >= 0.3 is 0 Å². The highest BCUT2D eigenvalue weighted by molar-refractivity contribution is 7.13. The number of methoxy groups -OCH3 is 1. The van der Waals surface area contributed by atoms with Crippen LogP contribution in [0.1, 0.15) is 0 Å². The molecular weight excluding hydrogens is 260 g/mol. The van der Waals surface area contributed by atoms with Crippen molar-refractivity contribution in [3.05, 3.63) is 41.8 Å². The first-order valence-electron chi connectivity index (χ1n) is 5.73. The quantitative estimate of drug-likeness (QED) is 0.790. The number of nitrogens with zero attached hydrogens (tertiary/aromatic N) is 1.